The molecule has 174 valence electrons. The number of anilines is 1. The minimum atomic E-state index is -0.0218. The van der Waals surface area contributed by atoms with Gasteiger partial charge in [-0.25, -0.2) is 0 Å². The molecule has 0 spiro atoms. The number of amides is 1. The Morgan fingerprint density at radius 1 is 1.00 bits per heavy atom. The van der Waals surface area contributed by atoms with E-state index in [1.807, 2.05) is 44.4 Å². The van der Waals surface area contributed by atoms with E-state index >= 15 is 0 Å². The second-order valence-corrected chi connectivity index (χ2v) is 8.79. The SMILES string of the molecule is CN(C)c1ccc([C@H](CNC(=O)Cc2ccc3c(c2)OCCO3)c2c[nH]c3ccccc23)cc1. The molecule has 0 aliphatic carbocycles. The molecule has 0 radical (unpaired) electrons. The topological polar surface area (TPSA) is 66.6 Å². The number of aromatic nitrogens is 1. The van der Waals surface area contributed by atoms with Gasteiger partial charge in [0.05, 0.1) is 6.42 Å². The van der Waals surface area contributed by atoms with Gasteiger partial charge < -0.3 is 24.7 Å². The van der Waals surface area contributed by atoms with Crippen LogP contribution < -0.4 is 19.7 Å². The lowest BCUT2D eigenvalue weighted by Gasteiger charge is -2.20. The predicted molar refractivity (Wildman–Crippen MR) is 135 cm³/mol. The fourth-order valence-electron chi connectivity index (χ4n) is 4.46. The zero-order chi connectivity index (χ0) is 23.5. The van der Waals surface area contributed by atoms with Crippen molar-refractivity contribution in [3.63, 3.8) is 0 Å². The van der Waals surface area contributed by atoms with Crippen LogP contribution in [0.15, 0.2) is 72.9 Å². The number of benzene rings is 3. The number of carbonyl (C=O) groups excluding carboxylic acids is 1. The maximum absolute atomic E-state index is 12.9. The standard InChI is InChI=1S/C28H29N3O3/c1-31(2)21-10-8-20(9-11-21)23(24-18-29-25-6-4-3-5-22(24)25)17-30-28(32)16-19-7-12-26-27(15-19)34-14-13-33-26/h3-12,15,18,23,29H,13-14,16-17H2,1-2H3,(H,30,32)/t23-/m0/s1. The molecule has 6 heteroatoms. The Bertz CT molecular complexity index is 1290. The summed E-state index contributed by atoms with van der Waals surface area (Å²) in [4.78, 5) is 18.4. The number of para-hydroxylation sites is 1. The van der Waals surface area contributed by atoms with Gasteiger partial charge in [0, 0.05) is 49.3 Å². The Hall–Kier alpha value is -3.93. The number of fused-ring (bicyclic) bond motifs is 2. The smallest absolute Gasteiger partial charge is 0.224 e. The van der Waals surface area contributed by atoms with Gasteiger partial charge in [0.15, 0.2) is 11.5 Å². The molecule has 1 amide bonds. The number of ether oxygens (including phenoxy) is 2. The van der Waals surface area contributed by atoms with Crippen LogP contribution in [-0.4, -0.2) is 44.7 Å². The molecule has 0 saturated heterocycles. The summed E-state index contributed by atoms with van der Waals surface area (Å²) in [6, 6.07) is 22.5. The second kappa shape index (κ2) is 9.51. The van der Waals surface area contributed by atoms with Crippen molar-refractivity contribution in [3.05, 3.63) is 89.6 Å². The molecule has 4 aromatic rings. The first kappa shape index (κ1) is 21.9. The van der Waals surface area contributed by atoms with E-state index in [1.54, 1.807) is 0 Å². The summed E-state index contributed by atoms with van der Waals surface area (Å²) in [5, 5.41) is 4.34. The number of rotatable bonds is 7. The van der Waals surface area contributed by atoms with Gasteiger partial charge in [-0.2, -0.15) is 0 Å². The van der Waals surface area contributed by atoms with E-state index in [-0.39, 0.29) is 18.2 Å². The van der Waals surface area contributed by atoms with Gasteiger partial charge in [0.1, 0.15) is 13.2 Å². The summed E-state index contributed by atoms with van der Waals surface area (Å²) in [6.07, 6.45) is 2.35. The van der Waals surface area contributed by atoms with Crippen LogP contribution in [0.3, 0.4) is 0 Å². The van der Waals surface area contributed by atoms with Crippen molar-refractivity contribution < 1.29 is 14.3 Å². The molecular weight excluding hydrogens is 426 g/mol. The summed E-state index contributed by atoms with van der Waals surface area (Å²) in [5.74, 6) is 1.44. The van der Waals surface area contributed by atoms with E-state index in [0.29, 0.717) is 25.5 Å². The Morgan fingerprint density at radius 2 is 1.76 bits per heavy atom. The Kier molecular flexibility index (Phi) is 6.12. The Morgan fingerprint density at radius 3 is 2.56 bits per heavy atom. The molecule has 1 atom stereocenters. The number of hydrogen-bond acceptors (Lipinski definition) is 4. The van der Waals surface area contributed by atoms with Crippen molar-refractivity contribution >= 4 is 22.5 Å². The summed E-state index contributed by atoms with van der Waals surface area (Å²) < 4.78 is 11.2. The van der Waals surface area contributed by atoms with E-state index < -0.39 is 0 Å². The molecule has 2 N–H and O–H groups in total. The normalized spacial score (nSPS) is 13.5. The monoisotopic (exact) mass is 455 g/mol. The Labute approximate surface area is 199 Å². The van der Waals surface area contributed by atoms with Crippen LogP contribution in [0.4, 0.5) is 5.69 Å². The van der Waals surface area contributed by atoms with Gasteiger partial charge in [0.25, 0.3) is 0 Å². The van der Waals surface area contributed by atoms with Crippen molar-refractivity contribution in [2.24, 2.45) is 0 Å². The lowest BCUT2D eigenvalue weighted by atomic mass is 9.90. The highest BCUT2D eigenvalue weighted by Gasteiger charge is 2.20. The Balaban J connectivity index is 1.36. The van der Waals surface area contributed by atoms with Crippen molar-refractivity contribution in [2.45, 2.75) is 12.3 Å². The van der Waals surface area contributed by atoms with Crippen LogP contribution in [0.2, 0.25) is 0 Å². The van der Waals surface area contributed by atoms with Gasteiger partial charge in [0.2, 0.25) is 5.91 Å². The summed E-state index contributed by atoms with van der Waals surface area (Å²) in [6.45, 7) is 1.59. The molecule has 0 saturated carbocycles. The molecule has 1 aliphatic rings. The zero-order valence-electron chi connectivity index (χ0n) is 19.5. The second-order valence-electron chi connectivity index (χ2n) is 8.79. The van der Waals surface area contributed by atoms with E-state index in [1.165, 1.54) is 10.9 Å². The largest absolute Gasteiger partial charge is 0.486 e. The van der Waals surface area contributed by atoms with Crippen LogP contribution in [0, 0.1) is 0 Å². The number of nitrogens with zero attached hydrogens (tertiary/aromatic N) is 1. The van der Waals surface area contributed by atoms with Gasteiger partial charge in [-0.3, -0.25) is 4.79 Å². The van der Waals surface area contributed by atoms with Crippen molar-refractivity contribution in [3.8, 4) is 11.5 Å². The molecule has 3 aromatic carbocycles. The first-order chi connectivity index (χ1) is 16.6. The summed E-state index contributed by atoms with van der Waals surface area (Å²) >= 11 is 0. The molecule has 34 heavy (non-hydrogen) atoms. The van der Waals surface area contributed by atoms with Gasteiger partial charge >= 0.3 is 0 Å². The zero-order valence-corrected chi connectivity index (χ0v) is 19.5. The predicted octanol–water partition coefficient (Wildman–Crippen LogP) is 4.50. The summed E-state index contributed by atoms with van der Waals surface area (Å²) in [7, 11) is 4.06. The van der Waals surface area contributed by atoms with Gasteiger partial charge in [-0.05, 0) is 47.0 Å². The average Bonchev–Trinajstić information content (AvgIpc) is 3.28. The first-order valence-electron chi connectivity index (χ1n) is 11.6. The molecule has 6 nitrogen and oxygen atoms in total. The molecule has 0 fully saturated rings. The van der Waals surface area contributed by atoms with Gasteiger partial charge in [-0.1, -0.05) is 36.4 Å². The summed E-state index contributed by atoms with van der Waals surface area (Å²) in [5.41, 5.74) is 5.47. The van der Waals surface area contributed by atoms with Gasteiger partial charge in [-0.15, -0.1) is 0 Å². The maximum atomic E-state index is 12.9. The number of nitrogens with one attached hydrogen (secondary N) is 2. The van der Waals surface area contributed by atoms with Crippen molar-refractivity contribution in [1.29, 1.82) is 0 Å². The van der Waals surface area contributed by atoms with E-state index in [2.05, 4.69) is 57.8 Å². The van der Waals surface area contributed by atoms with Crippen molar-refractivity contribution in [2.75, 3.05) is 38.8 Å². The molecule has 0 unspecified atom stereocenters. The number of H-pyrrole nitrogens is 1. The van der Waals surface area contributed by atoms with E-state index in [4.69, 9.17) is 9.47 Å². The molecule has 1 aliphatic heterocycles. The average molecular weight is 456 g/mol. The molecule has 0 bridgehead atoms. The fraction of sp³-hybridized carbons (Fsp3) is 0.250. The minimum absolute atomic E-state index is 0.0218. The third kappa shape index (κ3) is 4.57. The molecular formula is C28H29N3O3. The fourth-order valence-corrected chi connectivity index (χ4v) is 4.46. The first-order valence-corrected chi connectivity index (χ1v) is 11.6. The minimum Gasteiger partial charge on any atom is -0.486 e. The van der Waals surface area contributed by atoms with E-state index in [9.17, 15) is 4.79 Å². The maximum Gasteiger partial charge on any atom is 0.224 e. The van der Waals surface area contributed by atoms with Crippen LogP contribution in [-0.2, 0) is 11.2 Å². The van der Waals surface area contributed by atoms with Crippen molar-refractivity contribution in [1.82, 2.24) is 10.3 Å². The lowest BCUT2D eigenvalue weighted by Crippen LogP contribution is -2.30. The highest BCUT2D eigenvalue weighted by molar-refractivity contribution is 5.84. The third-order valence-electron chi connectivity index (χ3n) is 6.28. The molecule has 1 aromatic heterocycles. The number of hydrogen-bond donors (Lipinski definition) is 2. The highest BCUT2D eigenvalue weighted by Crippen LogP contribution is 2.32. The number of aromatic amines is 1. The molecule has 5 rings (SSSR count). The van der Waals surface area contributed by atoms with Crippen LogP contribution in [0.5, 0.6) is 11.5 Å². The third-order valence-corrected chi connectivity index (χ3v) is 6.28. The number of carbonyl (C=O) groups is 1. The van der Waals surface area contributed by atoms with Crippen LogP contribution in [0.1, 0.15) is 22.6 Å². The van der Waals surface area contributed by atoms with E-state index in [0.717, 1.165) is 28.1 Å². The molecule has 2 heterocycles. The quantitative estimate of drug-likeness (QED) is 0.431. The lowest BCUT2D eigenvalue weighted by molar-refractivity contribution is -0.120. The highest BCUT2D eigenvalue weighted by atomic mass is 16.6. The van der Waals surface area contributed by atoms with Crippen LogP contribution in [0.25, 0.3) is 10.9 Å². The van der Waals surface area contributed by atoms with Crippen LogP contribution >= 0.6 is 0 Å².